The molecule has 1 aromatic carbocycles. The third-order valence-corrected chi connectivity index (χ3v) is 4.70. The number of hydrogen-bond donors (Lipinski definition) is 1. The van der Waals surface area contributed by atoms with Crippen LogP contribution in [-0.2, 0) is 4.79 Å². The van der Waals surface area contributed by atoms with Gasteiger partial charge in [0.25, 0.3) is 0 Å². The highest BCUT2D eigenvalue weighted by Crippen LogP contribution is 2.46. The molecule has 0 radical (unpaired) electrons. The van der Waals surface area contributed by atoms with Gasteiger partial charge in [-0.1, -0.05) is 32.0 Å². The second-order valence-corrected chi connectivity index (χ2v) is 5.62. The van der Waals surface area contributed by atoms with Crippen LogP contribution < -0.4 is 5.73 Å². The van der Waals surface area contributed by atoms with Crippen LogP contribution >= 0.6 is 0 Å². The molecular formula is C17H23N3O. The van der Waals surface area contributed by atoms with Gasteiger partial charge in [0.2, 0.25) is 5.91 Å². The van der Waals surface area contributed by atoms with Crippen molar-refractivity contribution in [3.63, 3.8) is 0 Å². The topological polar surface area (TPSA) is 70.1 Å². The van der Waals surface area contributed by atoms with Gasteiger partial charge in [-0.15, -0.1) is 0 Å². The Morgan fingerprint density at radius 1 is 1.38 bits per heavy atom. The van der Waals surface area contributed by atoms with Gasteiger partial charge in [-0.25, -0.2) is 0 Å². The zero-order valence-electron chi connectivity index (χ0n) is 12.7. The van der Waals surface area contributed by atoms with Crippen molar-refractivity contribution < 1.29 is 4.79 Å². The van der Waals surface area contributed by atoms with E-state index in [1.807, 2.05) is 24.3 Å². The molecule has 1 fully saturated rings. The SMILES string of the molecule is CCN(CC)C(c1ccccc1C#N)C1CCC1C(N)=O. The van der Waals surface area contributed by atoms with Crippen LogP contribution in [0.25, 0.3) is 0 Å². The molecule has 112 valence electrons. The van der Waals surface area contributed by atoms with Crippen LogP contribution in [0.2, 0.25) is 0 Å². The lowest BCUT2D eigenvalue weighted by molar-refractivity contribution is -0.129. The number of benzene rings is 1. The van der Waals surface area contributed by atoms with Gasteiger partial charge >= 0.3 is 0 Å². The highest BCUT2D eigenvalue weighted by molar-refractivity contribution is 5.78. The van der Waals surface area contributed by atoms with Crippen LogP contribution in [0.15, 0.2) is 24.3 Å². The summed E-state index contributed by atoms with van der Waals surface area (Å²) in [6.07, 6.45) is 1.86. The Bertz CT molecular complexity index is 545. The minimum absolute atomic E-state index is 0.0673. The molecule has 0 saturated heterocycles. The number of carbonyl (C=O) groups excluding carboxylic acids is 1. The Morgan fingerprint density at radius 3 is 2.52 bits per heavy atom. The molecule has 2 rings (SSSR count). The molecule has 1 amide bonds. The fourth-order valence-corrected chi connectivity index (χ4v) is 3.43. The molecule has 4 nitrogen and oxygen atoms in total. The number of primary amides is 1. The first kappa shape index (κ1) is 15.5. The van der Waals surface area contributed by atoms with E-state index in [9.17, 15) is 10.1 Å². The number of nitrogens with zero attached hydrogens (tertiary/aromatic N) is 2. The first-order valence-corrected chi connectivity index (χ1v) is 7.66. The van der Waals surface area contributed by atoms with Crippen molar-refractivity contribution in [3.05, 3.63) is 35.4 Å². The predicted octanol–water partition coefficient (Wildman–Crippen LogP) is 2.45. The molecule has 0 aromatic heterocycles. The van der Waals surface area contributed by atoms with Crippen molar-refractivity contribution in [2.75, 3.05) is 13.1 Å². The average molecular weight is 285 g/mol. The molecule has 0 aliphatic heterocycles. The summed E-state index contributed by atoms with van der Waals surface area (Å²) < 4.78 is 0. The summed E-state index contributed by atoms with van der Waals surface area (Å²) in [4.78, 5) is 13.9. The lowest BCUT2D eigenvalue weighted by Gasteiger charge is -2.45. The molecular weight excluding hydrogens is 262 g/mol. The van der Waals surface area contributed by atoms with E-state index in [4.69, 9.17) is 5.73 Å². The van der Waals surface area contributed by atoms with Crippen LogP contribution in [0.1, 0.15) is 43.9 Å². The van der Waals surface area contributed by atoms with E-state index in [0.717, 1.165) is 31.5 Å². The molecule has 3 atom stereocenters. The van der Waals surface area contributed by atoms with Crippen molar-refractivity contribution in [2.45, 2.75) is 32.7 Å². The molecule has 4 heteroatoms. The lowest BCUT2D eigenvalue weighted by atomic mass is 9.67. The van der Waals surface area contributed by atoms with E-state index in [0.29, 0.717) is 5.56 Å². The summed E-state index contributed by atoms with van der Waals surface area (Å²) in [6.45, 7) is 6.01. The summed E-state index contributed by atoms with van der Waals surface area (Å²) >= 11 is 0. The van der Waals surface area contributed by atoms with Gasteiger partial charge in [0.1, 0.15) is 0 Å². The highest BCUT2D eigenvalue weighted by Gasteiger charge is 2.43. The lowest BCUT2D eigenvalue weighted by Crippen LogP contribution is -2.46. The largest absolute Gasteiger partial charge is 0.369 e. The van der Waals surface area contributed by atoms with E-state index in [1.54, 1.807) is 0 Å². The van der Waals surface area contributed by atoms with Crippen molar-refractivity contribution in [1.82, 2.24) is 4.90 Å². The zero-order valence-corrected chi connectivity index (χ0v) is 12.7. The van der Waals surface area contributed by atoms with Crippen molar-refractivity contribution in [2.24, 2.45) is 17.6 Å². The molecule has 1 saturated carbocycles. The summed E-state index contributed by atoms with van der Waals surface area (Å²) in [5.41, 5.74) is 7.26. The Balaban J connectivity index is 2.42. The molecule has 1 aromatic rings. The van der Waals surface area contributed by atoms with E-state index in [1.165, 1.54) is 0 Å². The van der Waals surface area contributed by atoms with Crippen LogP contribution in [0.4, 0.5) is 0 Å². The minimum atomic E-state index is -0.210. The molecule has 3 unspecified atom stereocenters. The summed E-state index contributed by atoms with van der Waals surface area (Å²) in [5, 5.41) is 9.38. The van der Waals surface area contributed by atoms with Crippen LogP contribution in [0, 0.1) is 23.2 Å². The van der Waals surface area contributed by atoms with Crippen molar-refractivity contribution >= 4 is 5.91 Å². The Labute approximate surface area is 126 Å². The van der Waals surface area contributed by atoms with Gasteiger partial charge in [0.05, 0.1) is 11.6 Å². The fraction of sp³-hybridized carbons (Fsp3) is 0.529. The van der Waals surface area contributed by atoms with E-state index >= 15 is 0 Å². The first-order chi connectivity index (χ1) is 10.1. The maximum atomic E-state index is 11.6. The minimum Gasteiger partial charge on any atom is -0.369 e. The van der Waals surface area contributed by atoms with Gasteiger partial charge in [-0.3, -0.25) is 9.69 Å². The molecule has 1 aliphatic carbocycles. The number of hydrogen-bond acceptors (Lipinski definition) is 3. The number of carbonyl (C=O) groups is 1. The van der Waals surface area contributed by atoms with E-state index in [-0.39, 0.29) is 23.8 Å². The van der Waals surface area contributed by atoms with Gasteiger partial charge in [-0.2, -0.15) is 5.26 Å². The van der Waals surface area contributed by atoms with Gasteiger partial charge in [0, 0.05) is 12.0 Å². The van der Waals surface area contributed by atoms with E-state index in [2.05, 4.69) is 24.8 Å². The number of amides is 1. The van der Waals surface area contributed by atoms with Gasteiger partial charge in [0.15, 0.2) is 0 Å². The van der Waals surface area contributed by atoms with Crippen molar-refractivity contribution in [3.8, 4) is 6.07 Å². The standard InChI is InChI=1S/C17H23N3O/c1-3-20(4-2)16(14-9-10-15(14)17(19)21)13-8-6-5-7-12(13)11-18/h5-8,14-16H,3-4,9-10H2,1-2H3,(H2,19,21). The summed E-state index contributed by atoms with van der Waals surface area (Å²) in [7, 11) is 0. The maximum Gasteiger partial charge on any atom is 0.220 e. The fourth-order valence-electron chi connectivity index (χ4n) is 3.43. The smallest absolute Gasteiger partial charge is 0.220 e. The van der Waals surface area contributed by atoms with Crippen molar-refractivity contribution in [1.29, 1.82) is 5.26 Å². The third-order valence-electron chi connectivity index (χ3n) is 4.70. The number of rotatable bonds is 6. The quantitative estimate of drug-likeness (QED) is 0.872. The zero-order chi connectivity index (χ0) is 15.4. The molecule has 0 spiro atoms. The predicted molar refractivity (Wildman–Crippen MR) is 82.2 cm³/mol. The van der Waals surface area contributed by atoms with Gasteiger partial charge in [-0.05, 0) is 43.5 Å². The number of nitrogens with two attached hydrogens (primary N) is 1. The summed E-state index contributed by atoms with van der Waals surface area (Å²) in [5.74, 6) is -0.0582. The van der Waals surface area contributed by atoms with Crippen LogP contribution in [0.3, 0.4) is 0 Å². The van der Waals surface area contributed by atoms with Crippen LogP contribution in [0.5, 0.6) is 0 Å². The highest BCUT2D eigenvalue weighted by atomic mass is 16.1. The molecule has 2 N–H and O–H groups in total. The molecule has 21 heavy (non-hydrogen) atoms. The molecule has 1 aliphatic rings. The summed E-state index contributed by atoms with van der Waals surface area (Å²) in [6, 6.07) is 10.1. The monoisotopic (exact) mass is 285 g/mol. The number of nitriles is 1. The second-order valence-electron chi connectivity index (χ2n) is 5.62. The molecule has 0 heterocycles. The molecule has 0 bridgehead atoms. The Morgan fingerprint density at radius 2 is 2.05 bits per heavy atom. The van der Waals surface area contributed by atoms with Gasteiger partial charge < -0.3 is 5.73 Å². The van der Waals surface area contributed by atoms with E-state index < -0.39 is 0 Å². The van der Waals surface area contributed by atoms with Crippen LogP contribution in [-0.4, -0.2) is 23.9 Å². The Hall–Kier alpha value is -1.86. The Kier molecular flexibility index (Phi) is 4.98. The third kappa shape index (κ3) is 2.93. The first-order valence-electron chi connectivity index (χ1n) is 7.66. The average Bonchev–Trinajstić information content (AvgIpc) is 2.45. The maximum absolute atomic E-state index is 11.6. The normalized spacial score (nSPS) is 22.4. The second kappa shape index (κ2) is 6.73.